The number of ether oxygens (including phenoxy) is 2. The van der Waals surface area contributed by atoms with Gasteiger partial charge in [-0.25, -0.2) is 4.79 Å². The number of alkyl halides is 3. The summed E-state index contributed by atoms with van der Waals surface area (Å²) in [5, 5.41) is 3.30. The van der Waals surface area contributed by atoms with E-state index in [9.17, 15) is 18.0 Å². The maximum Gasteiger partial charge on any atom is 0.420 e. The fourth-order valence-electron chi connectivity index (χ4n) is 5.99. The van der Waals surface area contributed by atoms with E-state index in [2.05, 4.69) is 5.32 Å². The Morgan fingerprint density at radius 2 is 1.70 bits per heavy atom. The van der Waals surface area contributed by atoms with E-state index >= 15 is 0 Å². The van der Waals surface area contributed by atoms with Crippen LogP contribution in [0.1, 0.15) is 69.4 Å². The molecule has 2 aliphatic carbocycles. The highest BCUT2D eigenvalue weighted by atomic mass is 19.4. The summed E-state index contributed by atoms with van der Waals surface area (Å²) >= 11 is 0. The summed E-state index contributed by atoms with van der Waals surface area (Å²) in [6.45, 7) is 1.93. The quantitative estimate of drug-likeness (QED) is 0.536. The first-order valence-corrected chi connectivity index (χ1v) is 12.0. The van der Waals surface area contributed by atoms with E-state index in [4.69, 9.17) is 9.47 Å². The highest BCUT2D eigenvalue weighted by molar-refractivity contribution is 5.89. The summed E-state index contributed by atoms with van der Waals surface area (Å²) in [6.07, 6.45) is 3.70. The predicted octanol–water partition coefficient (Wildman–Crippen LogP) is 6.94. The zero-order chi connectivity index (χ0) is 23.2. The number of hydrogen-bond donors (Lipinski definition) is 1. The van der Waals surface area contributed by atoms with Crippen molar-refractivity contribution >= 4 is 16.9 Å². The van der Waals surface area contributed by atoms with Gasteiger partial charge in [0.1, 0.15) is 17.9 Å². The molecule has 0 spiro atoms. The van der Waals surface area contributed by atoms with Gasteiger partial charge in [-0.2, -0.15) is 13.2 Å². The van der Waals surface area contributed by atoms with Crippen LogP contribution < -0.4 is 10.1 Å². The molecule has 33 heavy (non-hydrogen) atoms. The molecule has 1 amide bonds. The Morgan fingerprint density at radius 3 is 2.33 bits per heavy atom. The normalized spacial score (nSPS) is 28.7. The average Bonchev–Trinajstić information content (AvgIpc) is 3.43. The van der Waals surface area contributed by atoms with Crippen LogP contribution in [0, 0.1) is 11.8 Å². The van der Waals surface area contributed by atoms with E-state index in [1.807, 2.05) is 0 Å². The number of cyclic esters (lactones) is 1. The summed E-state index contributed by atoms with van der Waals surface area (Å²) in [5.41, 5.74) is -0.786. The Hall–Kier alpha value is -2.44. The SMILES string of the molecule is C[C@@]1(c2ccc3c(C(F)(F)F)c(O[C@H]4CC[C@@H](C5CCCC5)CC4)ccc3c2)COC(=O)N1. The van der Waals surface area contributed by atoms with E-state index in [-0.39, 0.29) is 23.8 Å². The van der Waals surface area contributed by atoms with Crippen LogP contribution in [0.15, 0.2) is 30.3 Å². The summed E-state index contributed by atoms with van der Waals surface area (Å²) < 4.78 is 53.5. The van der Waals surface area contributed by atoms with Crippen molar-refractivity contribution in [3.05, 3.63) is 41.5 Å². The fraction of sp³-hybridized carbons (Fsp3) is 0.577. The summed E-state index contributed by atoms with van der Waals surface area (Å²) in [6, 6.07) is 7.92. The second-order valence-electron chi connectivity index (χ2n) is 10.1. The zero-order valence-electron chi connectivity index (χ0n) is 18.8. The smallest absolute Gasteiger partial charge is 0.420 e. The van der Waals surface area contributed by atoms with Crippen LogP contribution in [0.2, 0.25) is 0 Å². The van der Waals surface area contributed by atoms with Gasteiger partial charge in [-0.15, -0.1) is 0 Å². The highest BCUT2D eigenvalue weighted by Gasteiger charge is 2.40. The van der Waals surface area contributed by atoms with Gasteiger partial charge in [0.25, 0.3) is 0 Å². The van der Waals surface area contributed by atoms with Gasteiger partial charge in [0.2, 0.25) is 0 Å². The zero-order valence-corrected chi connectivity index (χ0v) is 18.8. The van der Waals surface area contributed by atoms with Crippen LogP contribution in [0.5, 0.6) is 5.75 Å². The number of hydrogen-bond acceptors (Lipinski definition) is 3. The molecule has 1 aliphatic heterocycles. The fourth-order valence-corrected chi connectivity index (χ4v) is 5.99. The number of carbonyl (C=O) groups excluding carboxylic acids is 1. The molecule has 0 bridgehead atoms. The molecule has 0 unspecified atom stereocenters. The van der Waals surface area contributed by atoms with Gasteiger partial charge in [-0.05, 0) is 72.9 Å². The molecule has 0 aromatic heterocycles. The Bertz CT molecular complexity index is 1040. The number of amides is 1. The summed E-state index contributed by atoms with van der Waals surface area (Å²) in [5.74, 6) is 1.41. The van der Waals surface area contributed by atoms with Crippen molar-refractivity contribution in [2.24, 2.45) is 11.8 Å². The molecule has 0 radical (unpaired) electrons. The minimum absolute atomic E-state index is 0.0872. The number of benzene rings is 2. The first kappa shape index (κ1) is 22.4. The van der Waals surface area contributed by atoms with Gasteiger partial charge in [0, 0.05) is 0 Å². The second-order valence-corrected chi connectivity index (χ2v) is 10.1. The summed E-state index contributed by atoms with van der Waals surface area (Å²) in [7, 11) is 0. The molecule has 1 N–H and O–H groups in total. The van der Waals surface area contributed by atoms with Gasteiger partial charge in [-0.1, -0.05) is 43.9 Å². The van der Waals surface area contributed by atoms with Crippen LogP contribution in [-0.4, -0.2) is 18.8 Å². The third kappa shape index (κ3) is 4.38. The maximum atomic E-state index is 14.2. The van der Waals surface area contributed by atoms with Crippen molar-refractivity contribution in [3.8, 4) is 5.75 Å². The van der Waals surface area contributed by atoms with Crippen molar-refractivity contribution in [1.29, 1.82) is 0 Å². The number of fused-ring (bicyclic) bond motifs is 1. The monoisotopic (exact) mass is 461 g/mol. The molecule has 3 fully saturated rings. The van der Waals surface area contributed by atoms with E-state index in [1.54, 1.807) is 25.1 Å². The van der Waals surface area contributed by atoms with E-state index < -0.39 is 23.4 Å². The predicted molar refractivity (Wildman–Crippen MR) is 119 cm³/mol. The van der Waals surface area contributed by atoms with Crippen LogP contribution in [0.25, 0.3) is 10.8 Å². The van der Waals surface area contributed by atoms with Crippen LogP contribution in [0.4, 0.5) is 18.0 Å². The molecule has 2 aromatic rings. The Kier molecular flexibility index (Phi) is 5.69. The lowest BCUT2D eigenvalue weighted by atomic mass is 9.78. The number of alkyl carbamates (subject to hydrolysis) is 1. The molecule has 1 atom stereocenters. The number of halogens is 3. The molecular formula is C26H30F3NO3. The molecule has 2 saturated carbocycles. The molecule has 5 rings (SSSR count). The van der Waals surface area contributed by atoms with Crippen LogP contribution in [0.3, 0.4) is 0 Å². The standard InChI is InChI=1S/C26H30F3NO3/c1-25(15-32-24(31)30-25)19-9-12-21-18(14-19)8-13-22(23(21)26(27,28)29)33-20-10-6-17(7-11-20)16-4-2-3-5-16/h8-9,12-14,16-17,20H,2-7,10-11,15H2,1H3,(H,30,31)/t17-,20+,25-/m0/s1. The Labute approximate surface area is 191 Å². The average molecular weight is 462 g/mol. The number of carbonyl (C=O) groups is 1. The van der Waals surface area contributed by atoms with Crippen molar-refractivity contribution in [3.63, 3.8) is 0 Å². The first-order valence-electron chi connectivity index (χ1n) is 12.0. The lowest BCUT2D eigenvalue weighted by Gasteiger charge is -2.33. The van der Waals surface area contributed by atoms with Crippen LogP contribution in [-0.2, 0) is 16.5 Å². The minimum atomic E-state index is -4.54. The molecular weight excluding hydrogens is 431 g/mol. The van der Waals surface area contributed by atoms with Crippen LogP contribution >= 0.6 is 0 Å². The Balaban J connectivity index is 1.39. The van der Waals surface area contributed by atoms with Gasteiger partial charge < -0.3 is 14.8 Å². The van der Waals surface area contributed by atoms with E-state index in [1.165, 1.54) is 37.8 Å². The Morgan fingerprint density at radius 1 is 1.00 bits per heavy atom. The maximum absolute atomic E-state index is 14.2. The molecule has 7 heteroatoms. The highest BCUT2D eigenvalue weighted by Crippen LogP contribution is 2.44. The third-order valence-electron chi connectivity index (χ3n) is 7.85. The lowest BCUT2D eigenvalue weighted by molar-refractivity contribution is -0.138. The number of rotatable bonds is 4. The third-order valence-corrected chi connectivity index (χ3v) is 7.85. The topological polar surface area (TPSA) is 47.6 Å². The molecule has 178 valence electrons. The van der Waals surface area contributed by atoms with Crippen molar-refractivity contribution in [1.82, 2.24) is 5.32 Å². The van der Waals surface area contributed by atoms with Gasteiger partial charge in [-0.3, -0.25) is 0 Å². The second kappa shape index (κ2) is 8.41. The lowest BCUT2D eigenvalue weighted by Crippen LogP contribution is -2.37. The van der Waals surface area contributed by atoms with Gasteiger partial charge in [0.05, 0.1) is 11.6 Å². The van der Waals surface area contributed by atoms with E-state index in [0.29, 0.717) is 16.9 Å². The number of nitrogens with one attached hydrogen (secondary N) is 1. The molecule has 1 heterocycles. The molecule has 4 nitrogen and oxygen atoms in total. The first-order chi connectivity index (χ1) is 15.7. The van der Waals surface area contributed by atoms with E-state index in [0.717, 1.165) is 31.6 Å². The van der Waals surface area contributed by atoms with Crippen molar-refractivity contribution in [2.45, 2.75) is 76.1 Å². The minimum Gasteiger partial charge on any atom is -0.490 e. The molecule has 3 aliphatic rings. The van der Waals surface area contributed by atoms with Crippen molar-refractivity contribution < 1.29 is 27.4 Å². The molecule has 2 aromatic carbocycles. The largest absolute Gasteiger partial charge is 0.490 e. The van der Waals surface area contributed by atoms with Gasteiger partial charge >= 0.3 is 12.3 Å². The summed E-state index contributed by atoms with van der Waals surface area (Å²) in [4.78, 5) is 11.5. The molecule has 1 saturated heterocycles. The van der Waals surface area contributed by atoms with Gasteiger partial charge in [0.15, 0.2) is 0 Å². The van der Waals surface area contributed by atoms with Crippen molar-refractivity contribution in [2.75, 3.05) is 6.61 Å².